The van der Waals surface area contributed by atoms with Gasteiger partial charge in [0.1, 0.15) is 11.8 Å². The number of rotatable bonds is 10. The molecule has 0 fully saturated rings. The van der Waals surface area contributed by atoms with E-state index in [1.165, 1.54) is 0 Å². The van der Waals surface area contributed by atoms with Gasteiger partial charge in [0.05, 0.1) is 7.11 Å². The lowest BCUT2D eigenvalue weighted by Gasteiger charge is -2.18. The van der Waals surface area contributed by atoms with Crippen LogP contribution in [0.3, 0.4) is 0 Å². The lowest BCUT2D eigenvalue weighted by Crippen LogP contribution is -2.44. The minimum Gasteiger partial charge on any atom is -0.497 e. The van der Waals surface area contributed by atoms with E-state index in [4.69, 9.17) is 9.47 Å². The Morgan fingerprint density at radius 3 is 2.09 bits per heavy atom. The first-order chi connectivity index (χ1) is 16.0. The van der Waals surface area contributed by atoms with Crippen LogP contribution in [0.25, 0.3) is 0 Å². The average molecular weight is 447 g/mol. The van der Waals surface area contributed by atoms with Gasteiger partial charge in [0.25, 0.3) is 11.8 Å². The van der Waals surface area contributed by atoms with Crippen molar-refractivity contribution in [1.82, 2.24) is 10.6 Å². The van der Waals surface area contributed by atoms with Crippen molar-refractivity contribution < 1.29 is 23.9 Å². The molecule has 1 atom stereocenters. The van der Waals surface area contributed by atoms with Crippen molar-refractivity contribution >= 4 is 17.8 Å². The van der Waals surface area contributed by atoms with Crippen molar-refractivity contribution in [3.05, 3.63) is 102 Å². The molecular weight excluding hydrogens is 420 g/mol. The third kappa shape index (κ3) is 7.50. The summed E-state index contributed by atoms with van der Waals surface area (Å²) in [7, 11) is 1.58. The Morgan fingerprint density at radius 1 is 0.818 bits per heavy atom. The first kappa shape index (κ1) is 23.5. The second-order valence-corrected chi connectivity index (χ2v) is 7.31. The summed E-state index contributed by atoms with van der Waals surface area (Å²) < 4.78 is 10.3. The summed E-state index contributed by atoms with van der Waals surface area (Å²) >= 11 is 0. The van der Waals surface area contributed by atoms with Gasteiger partial charge in [-0.2, -0.15) is 0 Å². The molecule has 0 bridgehead atoms. The lowest BCUT2D eigenvalue weighted by molar-refractivity contribution is -0.150. The van der Waals surface area contributed by atoms with Gasteiger partial charge in [-0.1, -0.05) is 60.7 Å². The molecule has 33 heavy (non-hydrogen) atoms. The van der Waals surface area contributed by atoms with Crippen molar-refractivity contribution in [3.63, 3.8) is 0 Å². The molecule has 0 saturated carbocycles. The standard InChI is InChI=1S/C26H26N2O5/c1-32-22-14-12-20(13-15-22)17-27-24(29)18-33-26(31)23(16-19-8-4-2-5-9-19)28-25(30)21-10-6-3-7-11-21/h2-15,23H,16-18H2,1H3,(H,27,29)(H,28,30). The molecule has 1 unspecified atom stereocenters. The zero-order valence-corrected chi connectivity index (χ0v) is 18.3. The smallest absolute Gasteiger partial charge is 0.329 e. The predicted octanol–water partition coefficient (Wildman–Crippen LogP) is 2.90. The van der Waals surface area contributed by atoms with Crippen LogP contribution in [-0.2, 0) is 27.3 Å². The molecule has 7 nitrogen and oxygen atoms in total. The van der Waals surface area contributed by atoms with Gasteiger partial charge in [-0.05, 0) is 35.4 Å². The van der Waals surface area contributed by atoms with Crippen LogP contribution in [0.2, 0.25) is 0 Å². The molecule has 0 aromatic heterocycles. The fourth-order valence-electron chi connectivity index (χ4n) is 3.11. The third-order valence-electron chi connectivity index (χ3n) is 4.90. The number of amides is 2. The van der Waals surface area contributed by atoms with Crippen LogP contribution in [-0.4, -0.2) is 37.5 Å². The van der Waals surface area contributed by atoms with Crippen LogP contribution < -0.4 is 15.4 Å². The fraction of sp³-hybridized carbons (Fsp3) is 0.192. The summed E-state index contributed by atoms with van der Waals surface area (Å²) in [6, 6.07) is 24.2. The molecule has 0 aliphatic carbocycles. The Kier molecular flexibility index (Phi) is 8.59. The predicted molar refractivity (Wildman–Crippen MR) is 124 cm³/mol. The molecule has 0 aliphatic rings. The van der Waals surface area contributed by atoms with Crippen LogP contribution in [0.1, 0.15) is 21.5 Å². The van der Waals surface area contributed by atoms with Crippen molar-refractivity contribution in [2.24, 2.45) is 0 Å². The summed E-state index contributed by atoms with van der Waals surface area (Å²) in [5.74, 6) is -0.784. The number of benzene rings is 3. The van der Waals surface area contributed by atoms with Crippen LogP contribution in [0.4, 0.5) is 0 Å². The average Bonchev–Trinajstić information content (AvgIpc) is 2.87. The Morgan fingerprint density at radius 2 is 1.45 bits per heavy atom. The van der Waals surface area contributed by atoms with Crippen molar-refractivity contribution in [1.29, 1.82) is 0 Å². The highest BCUT2D eigenvalue weighted by Gasteiger charge is 2.24. The molecule has 0 aliphatic heterocycles. The number of esters is 1. The molecule has 3 aromatic carbocycles. The maximum atomic E-state index is 12.7. The van der Waals surface area contributed by atoms with Gasteiger partial charge in [0.2, 0.25) is 0 Å². The number of methoxy groups -OCH3 is 1. The zero-order chi connectivity index (χ0) is 23.5. The summed E-state index contributed by atoms with van der Waals surface area (Å²) in [4.78, 5) is 37.5. The number of nitrogens with one attached hydrogen (secondary N) is 2. The number of carbonyl (C=O) groups excluding carboxylic acids is 3. The Balaban J connectivity index is 1.56. The van der Waals surface area contributed by atoms with Crippen molar-refractivity contribution in [3.8, 4) is 5.75 Å². The molecule has 0 radical (unpaired) electrons. The summed E-state index contributed by atoms with van der Waals surface area (Å²) in [5.41, 5.74) is 2.17. The monoisotopic (exact) mass is 446 g/mol. The van der Waals surface area contributed by atoms with E-state index in [1.54, 1.807) is 49.6 Å². The summed E-state index contributed by atoms with van der Waals surface area (Å²) in [5, 5.41) is 5.42. The summed E-state index contributed by atoms with van der Waals surface area (Å²) in [6.07, 6.45) is 0.242. The normalized spacial score (nSPS) is 11.2. The van der Waals surface area contributed by atoms with E-state index in [2.05, 4.69) is 10.6 Å². The van der Waals surface area contributed by atoms with E-state index in [-0.39, 0.29) is 6.42 Å². The Bertz CT molecular complexity index is 1050. The molecule has 0 spiro atoms. The molecule has 7 heteroatoms. The molecule has 170 valence electrons. The molecule has 3 aromatic rings. The van der Waals surface area contributed by atoms with Crippen LogP contribution in [0, 0.1) is 0 Å². The minimum atomic E-state index is -0.936. The largest absolute Gasteiger partial charge is 0.497 e. The minimum absolute atomic E-state index is 0.242. The number of ether oxygens (including phenoxy) is 2. The second kappa shape index (κ2) is 12.0. The molecule has 0 saturated heterocycles. The van der Waals surface area contributed by atoms with Gasteiger partial charge in [-0.3, -0.25) is 9.59 Å². The molecule has 3 rings (SSSR count). The number of hydrogen-bond donors (Lipinski definition) is 2. The van der Waals surface area contributed by atoms with E-state index in [9.17, 15) is 14.4 Å². The quantitative estimate of drug-likeness (QED) is 0.467. The van der Waals surface area contributed by atoms with Crippen LogP contribution in [0.5, 0.6) is 5.75 Å². The maximum absolute atomic E-state index is 12.7. The first-order valence-electron chi connectivity index (χ1n) is 10.5. The lowest BCUT2D eigenvalue weighted by atomic mass is 10.1. The van der Waals surface area contributed by atoms with E-state index in [0.29, 0.717) is 12.1 Å². The molecule has 0 heterocycles. The van der Waals surface area contributed by atoms with E-state index in [1.807, 2.05) is 42.5 Å². The third-order valence-corrected chi connectivity index (χ3v) is 4.90. The highest BCUT2D eigenvalue weighted by atomic mass is 16.5. The van der Waals surface area contributed by atoms with Gasteiger partial charge in [-0.15, -0.1) is 0 Å². The van der Waals surface area contributed by atoms with Gasteiger partial charge in [-0.25, -0.2) is 4.79 Å². The zero-order valence-electron chi connectivity index (χ0n) is 18.3. The fourth-order valence-corrected chi connectivity index (χ4v) is 3.11. The maximum Gasteiger partial charge on any atom is 0.329 e. The molecule has 2 N–H and O–H groups in total. The van der Waals surface area contributed by atoms with Gasteiger partial charge in [0, 0.05) is 18.5 Å². The highest BCUT2D eigenvalue weighted by molar-refractivity contribution is 5.97. The van der Waals surface area contributed by atoms with Crippen molar-refractivity contribution in [2.45, 2.75) is 19.0 Å². The van der Waals surface area contributed by atoms with Gasteiger partial charge >= 0.3 is 5.97 Å². The van der Waals surface area contributed by atoms with E-state index in [0.717, 1.165) is 16.9 Å². The summed E-state index contributed by atoms with van der Waals surface area (Å²) in [6.45, 7) is -0.153. The number of hydrogen-bond acceptors (Lipinski definition) is 5. The topological polar surface area (TPSA) is 93.7 Å². The Labute approximate surface area is 192 Å². The molecular formula is C26H26N2O5. The number of carbonyl (C=O) groups is 3. The van der Waals surface area contributed by atoms with Crippen molar-refractivity contribution in [2.75, 3.05) is 13.7 Å². The molecule has 2 amide bonds. The SMILES string of the molecule is COc1ccc(CNC(=O)COC(=O)C(Cc2ccccc2)NC(=O)c2ccccc2)cc1. The van der Waals surface area contributed by atoms with Gasteiger partial charge in [0.15, 0.2) is 6.61 Å². The highest BCUT2D eigenvalue weighted by Crippen LogP contribution is 2.11. The van der Waals surface area contributed by atoms with Crippen LogP contribution in [0.15, 0.2) is 84.9 Å². The van der Waals surface area contributed by atoms with Gasteiger partial charge < -0.3 is 20.1 Å². The second-order valence-electron chi connectivity index (χ2n) is 7.31. The first-order valence-corrected chi connectivity index (χ1v) is 10.5. The van der Waals surface area contributed by atoms with Crippen LogP contribution >= 0.6 is 0 Å². The van der Waals surface area contributed by atoms with E-state index >= 15 is 0 Å². The van der Waals surface area contributed by atoms with E-state index < -0.39 is 30.4 Å². The Hall–Kier alpha value is -4.13.